The summed E-state index contributed by atoms with van der Waals surface area (Å²) in [6, 6.07) is 0. The van der Waals surface area contributed by atoms with Gasteiger partial charge in [-0.05, 0) is 0 Å². The van der Waals surface area contributed by atoms with Gasteiger partial charge < -0.3 is 0 Å². The number of allylic oxidation sites excluding steroid dienone is 5. The Kier molecular flexibility index (Phi) is 2.72. The van der Waals surface area contributed by atoms with Gasteiger partial charge in [-0.2, -0.15) is 0 Å². The molecule has 1 rings (SSSR count). The van der Waals surface area contributed by atoms with Crippen molar-refractivity contribution in [2.24, 2.45) is 0 Å². The zero-order chi connectivity index (χ0) is 7.56. The first-order valence-electron chi connectivity index (χ1n) is 3.28. The van der Waals surface area contributed by atoms with Crippen LogP contribution in [0.4, 0.5) is 0 Å². The molecule has 1 aliphatic carbocycles. The van der Waals surface area contributed by atoms with E-state index in [1.54, 1.807) is 3.58 Å². The fourth-order valence-electron chi connectivity index (χ4n) is 1.05. The van der Waals surface area contributed by atoms with Gasteiger partial charge in [-0.1, -0.05) is 0 Å². The third kappa shape index (κ3) is 1.97. The average molecular weight is 247 g/mol. The van der Waals surface area contributed by atoms with Crippen LogP contribution in [0.1, 0.15) is 13.3 Å². The second-order valence-corrected chi connectivity index (χ2v) is 4.97. The Morgan fingerprint density at radius 2 is 2.20 bits per heavy atom. The number of halogens is 1. The van der Waals surface area contributed by atoms with Crippen LogP contribution in [0, 0.1) is 0 Å². The van der Waals surface area contributed by atoms with Crippen LogP contribution in [-0.2, 0) is 0 Å². The van der Waals surface area contributed by atoms with Gasteiger partial charge in [0.05, 0.1) is 0 Å². The third-order valence-corrected chi connectivity index (χ3v) is 3.53. The van der Waals surface area contributed by atoms with Gasteiger partial charge >= 0.3 is 72.9 Å². The zero-order valence-electron chi connectivity index (χ0n) is 6.45. The van der Waals surface area contributed by atoms with Crippen molar-refractivity contribution in [1.29, 1.82) is 0 Å². The Balaban J connectivity index is 2.80. The number of rotatable bonds is 1. The van der Waals surface area contributed by atoms with E-state index in [1.165, 1.54) is 11.1 Å². The van der Waals surface area contributed by atoms with Crippen LogP contribution in [0.3, 0.4) is 0 Å². The van der Waals surface area contributed by atoms with Crippen LogP contribution >= 0.6 is 0 Å². The van der Waals surface area contributed by atoms with Crippen LogP contribution in [-0.4, -0.2) is 4.93 Å². The Morgan fingerprint density at radius 3 is 2.70 bits per heavy atom. The minimum atomic E-state index is 0.291. The first-order valence-corrected chi connectivity index (χ1v) is 6.52. The summed E-state index contributed by atoms with van der Waals surface area (Å²) in [4.78, 5) is 2.30. The molecule has 1 aliphatic rings. The molecular weight excluding hydrogens is 235 g/mol. The molecular formula is C9H12I-. The van der Waals surface area contributed by atoms with Crippen molar-refractivity contribution in [2.45, 2.75) is 13.3 Å². The Hall–Kier alpha value is -0.0500. The zero-order valence-corrected chi connectivity index (χ0v) is 8.60. The summed E-state index contributed by atoms with van der Waals surface area (Å²) in [5.41, 5.74) is 2.64. The van der Waals surface area contributed by atoms with Gasteiger partial charge in [0.25, 0.3) is 0 Å². The van der Waals surface area contributed by atoms with Gasteiger partial charge in [-0.15, -0.1) is 0 Å². The molecule has 0 aromatic rings. The molecule has 0 amide bonds. The predicted molar refractivity (Wildman–Crippen MR) is 41.5 cm³/mol. The fraction of sp³-hybridized carbons (Fsp3) is 0.333. The molecule has 0 aliphatic heterocycles. The van der Waals surface area contributed by atoms with Crippen molar-refractivity contribution in [3.05, 3.63) is 33.5 Å². The monoisotopic (exact) mass is 247 g/mol. The quantitative estimate of drug-likeness (QED) is 0.432. The van der Waals surface area contributed by atoms with Gasteiger partial charge in [0.15, 0.2) is 0 Å². The molecule has 0 atom stereocenters. The van der Waals surface area contributed by atoms with Crippen molar-refractivity contribution in [3.63, 3.8) is 0 Å². The van der Waals surface area contributed by atoms with Crippen LogP contribution < -0.4 is 21.2 Å². The first kappa shape index (κ1) is 8.05. The van der Waals surface area contributed by atoms with E-state index >= 15 is 0 Å². The number of hydrogen-bond donors (Lipinski definition) is 0. The van der Waals surface area contributed by atoms with Gasteiger partial charge in [0.2, 0.25) is 0 Å². The third-order valence-electron chi connectivity index (χ3n) is 1.45. The molecule has 0 saturated heterocycles. The fourth-order valence-corrected chi connectivity index (χ4v) is 2.72. The molecule has 0 spiro atoms. The Bertz CT molecular complexity index is 209. The van der Waals surface area contributed by atoms with E-state index in [9.17, 15) is 0 Å². The normalized spacial score (nSPS) is 18.8. The van der Waals surface area contributed by atoms with E-state index in [1.807, 2.05) is 0 Å². The molecule has 0 aromatic heterocycles. The molecule has 0 heterocycles. The summed E-state index contributed by atoms with van der Waals surface area (Å²) in [6.07, 6.45) is 5.60. The summed E-state index contributed by atoms with van der Waals surface area (Å²) in [5.74, 6) is 0. The summed E-state index contributed by atoms with van der Waals surface area (Å²) in [6.45, 7) is 6.11. The van der Waals surface area contributed by atoms with Crippen LogP contribution in [0.2, 0.25) is 0 Å². The molecule has 0 bridgehead atoms. The first-order chi connectivity index (χ1) is 4.72. The van der Waals surface area contributed by atoms with Crippen molar-refractivity contribution in [2.75, 3.05) is 4.93 Å². The molecule has 0 saturated carbocycles. The van der Waals surface area contributed by atoms with Crippen molar-refractivity contribution in [3.8, 4) is 0 Å². The summed E-state index contributed by atoms with van der Waals surface area (Å²) >= 11 is 0.291. The van der Waals surface area contributed by atoms with E-state index in [4.69, 9.17) is 0 Å². The van der Waals surface area contributed by atoms with Crippen LogP contribution in [0.25, 0.3) is 0 Å². The van der Waals surface area contributed by atoms with E-state index in [-0.39, 0.29) is 0 Å². The standard InChI is InChI=1S/C9H12I/c1-7-4-8(2)6-9(5-7)10-3/h4,6H,1,5H2,2-3H3/q-1. The SMILES string of the molecule is C=C1C=C(C)C=C([I-]C)C1. The molecule has 0 unspecified atom stereocenters. The number of alkyl halides is 1. The minimum absolute atomic E-state index is 0.291. The molecule has 0 nitrogen and oxygen atoms in total. The van der Waals surface area contributed by atoms with Crippen molar-refractivity contribution >= 4 is 0 Å². The Labute approximate surface area is 73.0 Å². The van der Waals surface area contributed by atoms with Crippen molar-refractivity contribution < 1.29 is 21.2 Å². The molecule has 0 aromatic carbocycles. The summed E-state index contributed by atoms with van der Waals surface area (Å²) < 4.78 is 1.61. The predicted octanol–water partition coefficient (Wildman–Crippen LogP) is -0.505. The van der Waals surface area contributed by atoms with Crippen LogP contribution in [0.15, 0.2) is 33.5 Å². The van der Waals surface area contributed by atoms with E-state index in [0.29, 0.717) is 21.2 Å². The van der Waals surface area contributed by atoms with E-state index in [0.717, 1.165) is 6.42 Å². The average Bonchev–Trinajstić information content (AvgIpc) is 1.85. The second-order valence-electron chi connectivity index (χ2n) is 2.50. The molecule has 0 N–H and O–H groups in total. The molecule has 0 fully saturated rings. The van der Waals surface area contributed by atoms with Gasteiger partial charge in [-0.25, -0.2) is 0 Å². The maximum absolute atomic E-state index is 3.96. The maximum atomic E-state index is 3.96. The molecule has 10 heavy (non-hydrogen) atoms. The van der Waals surface area contributed by atoms with E-state index in [2.05, 4.69) is 30.6 Å². The molecule has 1 heteroatoms. The molecule has 0 radical (unpaired) electrons. The van der Waals surface area contributed by atoms with E-state index < -0.39 is 0 Å². The summed E-state index contributed by atoms with van der Waals surface area (Å²) in [5, 5.41) is 0. The second kappa shape index (κ2) is 3.37. The van der Waals surface area contributed by atoms with Gasteiger partial charge in [0.1, 0.15) is 0 Å². The van der Waals surface area contributed by atoms with Gasteiger partial charge in [-0.3, -0.25) is 0 Å². The topological polar surface area (TPSA) is 0 Å². The van der Waals surface area contributed by atoms with Gasteiger partial charge in [0, 0.05) is 0 Å². The van der Waals surface area contributed by atoms with Crippen LogP contribution in [0.5, 0.6) is 0 Å². The Morgan fingerprint density at radius 1 is 1.50 bits per heavy atom. The van der Waals surface area contributed by atoms with Crippen molar-refractivity contribution in [1.82, 2.24) is 0 Å². The molecule has 56 valence electrons. The number of hydrogen-bond acceptors (Lipinski definition) is 0. The summed E-state index contributed by atoms with van der Waals surface area (Å²) in [7, 11) is 0.